The topological polar surface area (TPSA) is 99.9 Å². The molecule has 1 aliphatic rings. The van der Waals surface area contributed by atoms with Crippen LogP contribution in [-0.2, 0) is 14.8 Å². The number of pyridine rings is 1. The molecule has 1 aromatic heterocycles. The summed E-state index contributed by atoms with van der Waals surface area (Å²) in [6, 6.07) is 11.0. The number of hydrogen-bond donors (Lipinski definition) is 1. The number of nitriles is 1. The van der Waals surface area contributed by atoms with E-state index in [0.717, 1.165) is 5.56 Å². The Hall–Kier alpha value is -2.72. The van der Waals surface area contributed by atoms with E-state index in [-0.39, 0.29) is 16.7 Å². The Kier molecular flexibility index (Phi) is 3.84. The van der Waals surface area contributed by atoms with E-state index in [1.54, 1.807) is 18.5 Å². The molecule has 0 radical (unpaired) electrons. The summed E-state index contributed by atoms with van der Waals surface area (Å²) in [5, 5.41) is 8.72. The zero-order valence-electron chi connectivity index (χ0n) is 12.0. The fraction of sp³-hybridized carbons (Fsp3) is 0.188. The first-order valence-electron chi connectivity index (χ1n) is 6.98. The quantitative estimate of drug-likeness (QED) is 0.918. The number of amides is 1. The van der Waals surface area contributed by atoms with E-state index in [9.17, 15) is 13.2 Å². The van der Waals surface area contributed by atoms with E-state index in [1.165, 1.54) is 24.3 Å². The van der Waals surface area contributed by atoms with Crippen LogP contribution in [-0.4, -0.2) is 19.3 Å². The summed E-state index contributed by atoms with van der Waals surface area (Å²) < 4.78 is 26.5. The van der Waals surface area contributed by atoms with E-state index in [2.05, 4.69) is 9.71 Å². The predicted octanol–water partition coefficient (Wildman–Crippen LogP) is 1.56. The molecule has 1 N–H and O–H groups in total. The van der Waals surface area contributed by atoms with Crippen molar-refractivity contribution < 1.29 is 13.2 Å². The molecule has 3 rings (SSSR count). The maximum absolute atomic E-state index is 12.2. The molecular weight excluding hydrogens is 314 g/mol. The fourth-order valence-electron chi connectivity index (χ4n) is 2.42. The van der Waals surface area contributed by atoms with E-state index in [0.29, 0.717) is 12.0 Å². The number of aromatic nitrogens is 1. The summed E-state index contributed by atoms with van der Waals surface area (Å²) in [7, 11) is -3.92. The molecule has 1 amide bonds. The molecule has 0 aliphatic heterocycles. The Balaban J connectivity index is 1.69. The summed E-state index contributed by atoms with van der Waals surface area (Å²) >= 11 is 0. The van der Waals surface area contributed by atoms with Crippen LogP contribution >= 0.6 is 0 Å². The van der Waals surface area contributed by atoms with Crippen LogP contribution in [0.2, 0.25) is 0 Å². The summed E-state index contributed by atoms with van der Waals surface area (Å²) in [5.74, 6) is -0.851. The first kappa shape index (κ1) is 15.2. The first-order chi connectivity index (χ1) is 11.0. The summed E-state index contributed by atoms with van der Waals surface area (Å²) in [4.78, 5) is 16.1. The van der Waals surface area contributed by atoms with E-state index in [4.69, 9.17) is 5.26 Å². The highest BCUT2D eigenvalue weighted by Crippen LogP contribution is 2.47. The van der Waals surface area contributed by atoms with Crippen molar-refractivity contribution in [3.05, 3.63) is 59.9 Å². The van der Waals surface area contributed by atoms with Crippen molar-refractivity contribution in [1.82, 2.24) is 9.71 Å². The third-order valence-electron chi connectivity index (χ3n) is 3.77. The number of rotatable bonds is 4. The number of sulfonamides is 1. The lowest BCUT2D eigenvalue weighted by molar-refractivity contribution is -0.120. The molecule has 116 valence electrons. The summed E-state index contributed by atoms with van der Waals surface area (Å²) in [5.41, 5.74) is 1.29. The van der Waals surface area contributed by atoms with Gasteiger partial charge in [-0.1, -0.05) is 6.07 Å². The second kappa shape index (κ2) is 5.82. The standard InChI is InChI=1S/C16H13N3O3S/c17-9-11-3-5-13(6-4-11)23(21,22)19-16(20)15-8-14(15)12-2-1-7-18-10-12/h1-7,10,14-15H,8H2,(H,19,20)/t14-,15-/m0/s1. The Morgan fingerprint density at radius 2 is 2.00 bits per heavy atom. The van der Waals surface area contributed by atoms with Crippen LogP contribution in [0.25, 0.3) is 0 Å². The van der Waals surface area contributed by atoms with Gasteiger partial charge < -0.3 is 0 Å². The van der Waals surface area contributed by atoms with Crippen LogP contribution < -0.4 is 4.72 Å². The van der Waals surface area contributed by atoms with Gasteiger partial charge in [0.25, 0.3) is 10.0 Å². The molecule has 2 aromatic rings. The van der Waals surface area contributed by atoms with Gasteiger partial charge in [-0.2, -0.15) is 5.26 Å². The van der Waals surface area contributed by atoms with Gasteiger partial charge in [0.1, 0.15) is 0 Å². The second-order valence-corrected chi connectivity index (χ2v) is 7.02. The first-order valence-corrected chi connectivity index (χ1v) is 8.46. The zero-order chi connectivity index (χ0) is 16.4. The van der Waals surface area contributed by atoms with Crippen LogP contribution in [0.1, 0.15) is 23.5 Å². The molecule has 1 fully saturated rings. The van der Waals surface area contributed by atoms with Gasteiger partial charge >= 0.3 is 0 Å². The average molecular weight is 327 g/mol. The van der Waals surface area contributed by atoms with Crippen molar-refractivity contribution in [1.29, 1.82) is 5.26 Å². The third-order valence-corrected chi connectivity index (χ3v) is 5.13. The minimum atomic E-state index is -3.92. The highest BCUT2D eigenvalue weighted by atomic mass is 32.2. The number of carbonyl (C=O) groups excluding carboxylic acids is 1. The molecule has 6 nitrogen and oxygen atoms in total. The maximum Gasteiger partial charge on any atom is 0.264 e. The van der Waals surface area contributed by atoms with Crippen molar-refractivity contribution in [2.24, 2.45) is 5.92 Å². The van der Waals surface area contributed by atoms with Gasteiger partial charge in [0, 0.05) is 18.3 Å². The molecule has 0 spiro atoms. The van der Waals surface area contributed by atoms with Crippen LogP contribution in [0.4, 0.5) is 0 Å². The Morgan fingerprint density at radius 1 is 1.26 bits per heavy atom. The lowest BCUT2D eigenvalue weighted by Gasteiger charge is -2.07. The lowest BCUT2D eigenvalue weighted by Crippen LogP contribution is -2.32. The highest BCUT2D eigenvalue weighted by molar-refractivity contribution is 7.90. The molecule has 0 bridgehead atoms. The van der Waals surface area contributed by atoms with Crippen molar-refractivity contribution in [3.63, 3.8) is 0 Å². The van der Waals surface area contributed by atoms with Crippen molar-refractivity contribution in [2.45, 2.75) is 17.2 Å². The molecule has 1 aliphatic carbocycles. The Labute approximate surface area is 133 Å². The van der Waals surface area contributed by atoms with Crippen molar-refractivity contribution in [2.75, 3.05) is 0 Å². The Morgan fingerprint density at radius 3 is 2.61 bits per heavy atom. The predicted molar refractivity (Wildman–Crippen MR) is 81.6 cm³/mol. The minimum absolute atomic E-state index is 0.0138. The number of benzene rings is 1. The van der Waals surface area contributed by atoms with Gasteiger partial charge in [0.2, 0.25) is 5.91 Å². The molecule has 7 heteroatoms. The molecule has 1 saturated carbocycles. The molecule has 1 heterocycles. The number of carbonyl (C=O) groups is 1. The van der Waals surface area contributed by atoms with Gasteiger partial charge in [-0.3, -0.25) is 9.78 Å². The fourth-order valence-corrected chi connectivity index (χ4v) is 3.45. The zero-order valence-corrected chi connectivity index (χ0v) is 12.8. The van der Waals surface area contributed by atoms with Crippen molar-refractivity contribution >= 4 is 15.9 Å². The monoisotopic (exact) mass is 327 g/mol. The molecule has 1 aromatic carbocycles. The Bertz CT molecular complexity index is 871. The van der Waals surface area contributed by atoms with Crippen LogP contribution in [0.5, 0.6) is 0 Å². The van der Waals surface area contributed by atoms with E-state index >= 15 is 0 Å². The van der Waals surface area contributed by atoms with Crippen LogP contribution in [0.3, 0.4) is 0 Å². The van der Waals surface area contributed by atoms with Crippen LogP contribution in [0, 0.1) is 17.2 Å². The van der Waals surface area contributed by atoms with Crippen LogP contribution in [0.15, 0.2) is 53.7 Å². The molecule has 23 heavy (non-hydrogen) atoms. The highest BCUT2D eigenvalue weighted by Gasteiger charge is 2.45. The van der Waals surface area contributed by atoms with Gasteiger partial charge in [-0.05, 0) is 48.2 Å². The average Bonchev–Trinajstić information content (AvgIpc) is 3.36. The van der Waals surface area contributed by atoms with Gasteiger partial charge in [-0.25, -0.2) is 13.1 Å². The maximum atomic E-state index is 12.2. The van der Waals surface area contributed by atoms with Gasteiger partial charge in [0.15, 0.2) is 0 Å². The number of hydrogen-bond acceptors (Lipinski definition) is 5. The SMILES string of the molecule is N#Cc1ccc(S(=O)(=O)NC(=O)[C@H]2C[C@H]2c2cccnc2)cc1. The minimum Gasteiger partial charge on any atom is -0.274 e. The summed E-state index contributed by atoms with van der Waals surface area (Å²) in [6.07, 6.45) is 3.95. The summed E-state index contributed by atoms with van der Waals surface area (Å²) in [6.45, 7) is 0. The van der Waals surface area contributed by atoms with Crippen molar-refractivity contribution in [3.8, 4) is 6.07 Å². The van der Waals surface area contributed by atoms with Gasteiger partial charge in [0.05, 0.1) is 16.5 Å². The molecule has 0 saturated heterocycles. The lowest BCUT2D eigenvalue weighted by atomic mass is 10.1. The molecule has 0 unspecified atom stereocenters. The number of nitrogens with zero attached hydrogens (tertiary/aromatic N) is 2. The van der Waals surface area contributed by atoms with Gasteiger partial charge in [-0.15, -0.1) is 0 Å². The van der Waals surface area contributed by atoms with E-state index in [1.807, 2.05) is 12.1 Å². The number of nitrogens with one attached hydrogen (secondary N) is 1. The van der Waals surface area contributed by atoms with E-state index < -0.39 is 15.9 Å². The largest absolute Gasteiger partial charge is 0.274 e. The normalized spacial score (nSPS) is 19.6. The third kappa shape index (κ3) is 3.22. The molecule has 2 atom stereocenters. The second-order valence-electron chi connectivity index (χ2n) is 5.34. The molecular formula is C16H13N3O3S. The smallest absolute Gasteiger partial charge is 0.264 e.